The Morgan fingerprint density at radius 2 is 2.00 bits per heavy atom. The molecule has 0 radical (unpaired) electrons. The summed E-state index contributed by atoms with van der Waals surface area (Å²) >= 11 is 0. The number of nitrogens with two attached hydrogens (primary N) is 1. The topological polar surface area (TPSA) is 96.0 Å². The molecule has 0 aromatic heterocycles. The quantitative estimate of drug-likeness (QED) is 0.301. The van der Waals surface area contributed by atoms with E-state index in [0.717, 1.165) is 25.7 Å². The van der Waals surface area contributed by atoms with Gasteiger partial charge < -0.3 is 10.9 Å². The Hall–Kier alpha value is -0.820. The van der Waals surface area contributed by atoms with E-state index in [0.29, 0.717) is 13.0 Å². The summed E-state index contributed by atoms with van der Waals surface area (Å²) in [7, 11) is -3.13. The van der Waals surface area contributed by atoms with Crippen LogP contribution >= 0.6 is 0 Å². The molecule has 0 atom stereocenters. The Balaban J connectivity index is 2.00. The van der Waals surface area contributed by atoms with Crippen molar-refractivity contribution in [2.45, 2.75) is 43.4 Å². The van der Waals surface area contributed by atoms with Crippen LogP contribution in [0.4, 0.5) is 0 Å². The van der Waals surface area contributed by atoms with Crippen LogP contribution in [0.3, 0.4) is 0 Å². The van der Waals surface area contributed by atoms with Gasteiger partial charge in [-0.2, -0.15) is 4.31 Å². The highest BCUT2D eigenvalue weighted by molar-refractivity contribution is 7.90. The molecule has 2 saturated carbocycles. The molecule has 3 N–H and O–H groups in total. The minimum atomic E-state index is -3.13. The van der Waals surface area contributed by atoms with Crippen LogP contribution in [-0.4, -0.2) is 41.6 Å². The van der Waals surface area contributed by atoms with Crippen molar-refractivity contribution in [2.24, 2.45) is 10.9 Å². The van der Waals surface area contributed by atoms with Crippen LogP contribution in [0, 0.1) is 0 Å². The maximum atomic E-state index is 12.1. The average Bonchev–Trinajstić information content (AvgIpc) is 3.06. The Morgan fingerprint density at radius 1 is 1.38 bits per heavy atom. The van der Waals surface area contributed by atoms with Crippen LogP contribution in [0.1, 0.15) is 32.1 Å². The van der Waals surface area contributed by atoms with Crippen LogP contribution in [0.15, 0.2) is 5.16 Å². The molecule has 0 spiro atoms. The minimum absolute atomic E-state index is 0.0802. The third kappa shape index (κ3) is 2.46. The monoisotopic (exact) mass is 247 g/mol. The largest absolute Gasteiger partial charge is 0.409 e. The summed E-state index contributed by atoms with van der Waals surface area (Å²) < 4.78 is 25.7. The molecule has 0 unspecified atom stereocenters. The van der Waals surface area contributed by atoms with Gasteiger partial charge in [0, 0.05) is 19.0 Å². The lowest BCUT2D eigenvalue weighted by atomic mass is 10.4. The first kappa shape index (κ1) is 11.7. The van der Waals surface area contributed by atoms with Crippen molar-refractivity contribution < 1.29 is 13.6 Å². The fourth-order valence-electron chi connectivity index (χ4n) is 1.71. The van der Waals surface area contributed by atoms with Crippen LogP contribution in [-0.2, 0) is 10.0 Å². The molecule has 2 aliphatic rings. The van der Waals surface area contributed by atoms with E-state index in [2.05, 4.69) is 5.16 Å². The zero-order valence-electron chi connectivity index (χ0n) is 9.04. The van der Waals surface area contributed by atoms with Gasteiger partial charge in [-0.15, -0.1) is 0 Å². The van der Waals surface area contributed by atoms with Gasteiger partial charge in [0.25, 0.3) is 0 Å². The van der Waals surface area contributed by atoms with Crippen molar-refractivity contribution in [3.63, 3.8) is 0 Å². The summed E-state index contributed by atoms with van der Waals surface area (Å²) in [5, 5.41) is 11.1. The highest BCUT2D eigenvalue weighted by Gasteiger charge is 2.45. The molecule has 0 saturated heterocycles. The van der Waals surface area contributed by atoms with E-state index in [1.54, 1.807) is 4.31 Å². The smallest absolute Gasteiger partial charge is 0.217 e. The zero-order chi connectivity index (χ0) is 11.8. The van der Waals surface area contributed by atoms with Crippen molar-refractivity contribution in [3.8, 4) is 0 Å². The third-order valence-corrected chi connectivity index (χ3v) is 5.39. The lowest BCUT2D eigenvalue weighted by molar-refractivity contribution is 0.315. The van der Waals surface area contributed by atoms with Gasteiger partial charge in [-0.25, -0.2) is 8.42 Å². The number of oxime groups is 1. The molecule has 2 aliphatic carbocycles. The summed E-state index contributed by atoms with van der Waals surface area (Å²) in [6, 6.07) is 0.150. The van der Waals surface area contributed by atoms with Crippen LogP contribution in [0.25, 0.3) is 0 Å². The first-order valence-corrected chi connectivity index (χ1v) is 7.03. The Kier molecular flexibility index (Phi) is 3.07. The molecule has 0 bridgehead atoms. The number of hydrogen-bond acceptors (Lipinski definition) is 4. The molecule has 2 rings (SSSR count). The molecular weight excluding hydrogens is 230 g/mol. The summed E-state index contributed by atoms with van der Waals surface area (Å²) in [6.07, 6.45) is 3.70. The predicted octanol–water partition coefficient (Wildman–Crippen LogP) is 0.0795. The van der Waals surface area contributed by atoms with Crippen molar-refractivity contribution >= 4 is 15.9 Å². The molecule has 0 aromatic carbocycles. The number of nitrogens with zero attached hydrogens (tertiary/aromatic N) is 2. The van der Waals surface area contributed by atoms with E-state index in [4.69, 9.17) is 10.9 Å². The van der Waals surface area contributed by atoms with E-state index in [9.17, 15) is 8.42 Å². The summed E-state index contributed by atoms with van der Waals surface area (Å²) in [5.74, 6) is 0.0802. The predicted molar refractivity (Wildman–Crippen MR) is 59.7 cm³/mol. The van der Waals surface area contributed by atoms with Gasteiger partial charge in [0.15, 0.2) is 0 Å². The average molecular weight is 247 g/mol. The normalized spacial score (nSPS) is 22.7. The third-order valence-electron chi connectivity index (χ3n) is 2.94. The molecular formula is C9H17N3O3S. The van der Waals surface area contributed by atoms with Gasteiger partial charge in [-0.1, -0.05) is 5.16 Å². The minimum Gasteiger partial charge on any atom is -0.409 e. The highest BCUT2D eigenvalue weighted by Crippen LogP contribution is 2.37. The maximum Gasteiger partial charge on any atom is 0.217 e. The van der Waals surface area contributed by atoms with Gasteiger partial charge in [-0.05, 0) is 25.7 Å². The standard InChI is InChI=1S/C9H17N3O3S/c10-9(11-13)5-6-12(7-1-2-7)16(14,15)8-3-4-8/h7-8,13H,1-6H2,(H2,10,11). The van der Waals surface area contributed by atoms with Gasteiger partial charge in [-0.3, -0.25) is 0 Å². The number of rotatable bonds is 6. The second-order valence-corrected chi connectivity index (χ2v) is 6.59. The Morgan fingerprint density at radius 3 is 2.44 bits per heavy atom. The zero-order valence-corrected chi connectivity index (χ0v) is 9.86. The van der Waals surface area contributed by atoms with E-state index in [1.165, 1.54) is 0 Å². The molecule has 2 fully saturated rings. The Labute approximate surface area is 95.2 Å². The maximum absolute atomic E-state index is 12.1. The second-order valence-electron chi connectivity index (χ2n) is 4.43. The highest BCUT2D eigenvalue weighted by atomic mass is 32.2. The fourth-order valence-corrected chi connectivity index (χ4v) is 3.80. The van der Waals surface area contributed by atoms with Gasteiger partial charge in [0.05, 0.1) is 5.25 Å². The second kappa shape index (κ2) is 4.21. The number of hydrogen-bond donors (Lipinski definition) is 2. The van der Waals surface area contributed by atoms with Crippen molar-refractivity contribution in [1.82, 2.24) is 4.31 Å². The molecule has 16 heavy (non-hydrogen) atoms. The van der Waals surface area contributed by atoms with E-state index in [-0.39, 0.29) is 17.1 Å². The van der Waals surface area contributed by atoms with E-state index >= 15 is 0 Å². The lowest BCUT2D eigenvalue weighted by Gasteiger charge is -2.21. The molecule has 0 amide bonds. The van der Waals surface area contributed by atoms with Crippen LogP contribution in [0.5, 0.6) is 0 Å². The number of sulfonamides is 1. The molecule has 0 heterocycles. The van der Waals surface area contributed by atoms with Crippen molar-refractivity contribution in [2.75, 3.05) is 6.54 Å². The molecule has 92 valence electrons. The van der Waals surface area contributed by atoms with Gasteiger partial charge in [0.1, 0.15) is 5.84 Å². The summed E-state index contributed by atoms with van der Waals surface area (Å²) in [6.45, 7) is 0.333. The number of amidine groups is 1. The molecule has 0 aliphatic heterocycles. The van der Waals surface area contributed by atoms with Gasteiger partial charge >= 0.3 is 0 Å². The fraction of sp³-hybridized carbons (Fsp3) is 0.889. The summed E-state index contributed by atoms with van der Waals surface area (Å²) in [5.41, 5.74) is 5.36. The first-order valence-electron chi connectivity index (χ1n) is 5.52. The van der Waals surface area contributed by atoms with E-state index in [1.807, 2.05) is 0 Å². The molecule has 0 aromatic rings. The van der Waals surface area contributed by atoms with Crippen molar-refractivity contribution in [3.05, 3.63) is 0 Å². The molecule has 6 nitrogen and oxygen atoms in total. The summed E-state index contributed by atoms with van der Waals surface area (Å²) in [4.78, 5) is 0. The van der Waals surface area contributed by atoms with Crippen molar-refractivity contribution in [1.29, 1.82) is 0 Å². The Bertz CT molecular complexity index is 385. The van der Waals surface area contributed by atoms with E-state index < -0.39 is 10.0 Å². The van der Waals surface area contributed by atoms with Crippen LogP contribution < -0.4 is 5.73 Å². The van der Waals surface area contributed by atoms with Gasteiger partial charge in [0.2, 0.25) is 10.0 Å². The molecule has 7 heteroatoms. The SMILES string of the molecule is NC(CCN(C1CC1)S(=O)(=O)C1CC1)=NO. The van der Waals surface area contributed by atoms with Crippen LogP contribution in [0.2, 0.25) is 0 Å². The lowest BCUT2D eigenvalue weighted by Crippen LogP contribution is -2.38. The first-order chi connectivity index (χ1) is 7.55.